The van der Waals surface area contributed by atoms with E-state index in [1.165, 1.54) is 0 Å². The fourth-order valence-corrected chi connectivity index (χ4v) is 4.32. The zero-order valence-electron chi connectivity index (χ0n) is 14.4. The van der Waals surface area contributed by atoms with Gasteiger partial charge in [0.15, 0.2) is 0 Å². The maximum Gasteiger partial charge on any atom is 0.322 e. The highest BCUT2D eigenvalue weighted by Gasteiger charge is 2.23. The third kappa shape index (κ3) is 5.23. The van der Waals surface area contributed by atoms with Gasteiger partial charge >= 0.3 is 6.03 Å². The maximum atomic E-state index is 12.9. The standard InChI is InChI=1S/C19H24N2O2S2/c1-2-25-18-8-4-3-7-17(18)20-19(22)21(12-15-9-11-24-14-15)13-16-6-5-10-23-16/h3-4,7-9,11,14,16H,2,5-6,10,12-13H2,1H3,(H,20,22). The molecule has 25 heavy (non-hydrogen) atoms. The minimum Gasteiger partial charge on any atom is -0.376 e. The number of hydrogen-bond acceptors (Lipinski definition) is 4. The molecule has 2 aromatic rings. The Morgan fingerprint density at radius 2 is 2.28 bits per heavy atom. The van der Waals surface area contributed by atoms with Crippen LogP contribution in [0.4, 0.5) is 10.5 Å². The van der Waals surface area contributed by atoms with Gasteiger partial charge in [-0.15, -0.1) is 11.8 Å². The number of amides is 2. The van der Waals surface area contributed by atoms with E-state index < -0.39 is 0 Å². The van der Waals surface area contributed by atoms with Crippen LogP contribution in [0.3, 0.4) is 0 Å². The second-order valence-electron chi connectivity index (χ2n) is 6.01. The van der Waals surface area contributed by atoms with Gasteiger partial charge in [-0.2, -0.15) is 11.3 Å². The zero-order valence-corrected chi connectivity index (χ0v) is 16.1. The molecule has 1 unspecified atom stereocenters. The van der Waals surface area contributed by atoms with Crippen LogP contribution in [0.2, 0.25) is 0 Å². The number of urea groups is 1. The van der Waals surface area contributed by atoms with Crippen LogP contribution in [0.5, 0.6) is 0 Å². The summed E-state index contributed by atoms with van der Waals surface area (Å²) in [6, 6.07) is 9.98. The molecule has 0 radical (unpaired) electrons. The molecule has 1 saturated heterocycles. The molecule has 0 saturated carbocycles. The number of thioether (sulfide) groups is 1. The van der Waals surface area contributed by atoms with E-state index in [0.717, 1.165) is 41.3 Å². The molecule has 1 aromatic heterocycles. The van der Waals surface area contributed by atoms with Crippen molar-refractivity contribution in [3.8, 4) is 0 Å². The summed E-state index contributed by atoms with van der Waals surface area (Å²) >= 11 is 3.39. The van der Waals surface area contributed by atoms with Gasteiger partial charge in [0.2, 0.25) is 0 Å². The molecule has 0 aliphatic carbocycles. The number of nitrogens with zero attached hydrogens (tertiary/aromatic N) is 1. The van der Waals surface area contributed by atoms with Crippen LogP contribution in [0.25, 0.3) is 0 Å². The lowest BCUT2D eigenvalue weighted by Gasteiger charge is -2.26. The number of para-hydroxylation sites is 1. The smallest absolute Gasteiger partial charge is 0.322 e. The summed E-state index contributed by atoms with van der Waals surface area (Å²) in [6.45, 7) is 4.15. The Balaban J connectivity index is 1.71. The SMILES string of the molecule is CCSc1ccccc1NC(=O)N(Cc1ccsc1)CC1CCCO1. The van der Waals surface area contributed by atoms with E-state index in [-0.39, 0.29) is 12.1 Å². The summed E-state index contributed by atoms with van der Waals surface area (Å²) in [6.07, 6.45) is 2.24. The average molecular weight is 377 g/mol. The first-order valence-electron chi connectivity index (χ1n) is 8.66. The van der Waals surface area contributed by atoms with Crippen LogP contribution < -0.4 is 5.32 Å². The van der Waals surface area contributed by atoms with Gasteiger partial charge in [0.1, 0.15) is 0 Å². The van der Waals surface area contributed by atoms with E-state index in [1.54, 1.807) is 23.1 Å². The van der Waals surface area contributed by atoms with Crippen LogP contribution >= 0.6 is 23.1 Å². The lowest BCUT2D eigenvalue weighted by atomic mass is 10.2. The molecule has 0 bridgehead atoms. The second-order valence-corrected chi connectivity index (χ2v) is 8.09. The van der Waals surface area contributed by atoms with Crippen LogP contribution in [0, 0.1) is 0 Å². The van der Waals surface area contributed by atoms with Crippen molar-refractivity contribution in [2.24, 2.45) is 0 Å². The van der Waals surface area contributed by atoms with Gasteiger partial charge in [0.05, 0.1) is 11.8 Å². The van der Waals surface area contributed by atoms with E-state index >= 15 is 0 Å². The molecule has 134 valence electrons. The van der Waals surface area contributed by atoms with Gasteiger partial charge < -0.3 is 15.0 Å². The summed E-state index contributed by atoms with van der Waals surface area (Å²) in [5, 5.41) is 7.24. The molecular formula is C19H24N2O2S2. The zero-order chi connectivity index (χ0) is 17.5. The molecule has 6 heteroatoms. The first kappa shape index (κ1) is 18.3. The van der Waals surface area contributed by atoms with Crippen LogP contribution in [0.1, 0.15) is 25.3 Å². The number of carbonyl (C=O) groups excluding carboxylic acids is 1. The molecule has 2 heterocycles. The van der Waals surface area contributed by atoms with Gasteiger partial charge in [-0.3, -0.25) is 0 Å². The van der Waals surface area contributed by atoms with Gasteiger partial charge in [-0.1, -0.05) is 19.1 Å². The summed E-state index contributed by atoms with van der Waals surface area (Å²) in [5.41, 5.74) is 2.04. The van der Waals surface area contributed by atoms with Crippen LogP contribution in [-0.4, -0.2) is 35.9 Å². The summed E-state index contributed by atoms with van der Waals surface area (Å²) < 4.78 is 5.74. The highest BCUT2D eigenvalue weighted by molar-refractivity contribution is 7.99. The number of anilines is 1. The van der Waals surface area contributed by atoms with Crippen molar-refractivity contribution in [2.45, 2.75) is 37.3 Å². The van der Waals surface area contributed by atoms with Gasteiger partial charge in [-0.05, 0) is 53.1 Å². The van der Waals surface area contributed by atoms with Crippen molar-refractivity contribution in [1.82, 2.24) is 4.90 Å². The Labute approximate surface area is 157 Å². The molecule has 1 atom stereocenters. The molecule has 1 fully saturated rings. The van der Waals surface area contributed by atoms with E-state index in [9.17, 15) is 4.79 Å². The van der Waals surface area contributed by atoms with Gasteiger partial charge in [-0.25, -0.2) is 4.79 Å². The number of thiophene rings is 1. The molecule has 2 amide bonds. The van der Waals surface area contributed by atoms with Gasteiger partial charge in [0, 0.05) is 24.6 Å². The molecular weight excluding hydrogens is 352 g/mol. The monoisotopic (exact) mass is 376 g/mol. The Kier molecular flexibility index (Phi) is 6.78. The fourth-order valence-electron chi connectivity index (χ4n) is 2.90. The fraction of sp³-hybridized carbons (Fsp3) is 0.421. The molecule has 4 nitrogen and oxygen atoms in total. The summed E-state index contributed by atoms with van der Waals surface area (Å²) in [5.74, 6) is 0.974. The van der Waals surface area contributed by atoms with E-state index in [1.807, 2.05) is 34.5 Å². The lowest BCUT2D eigenvalue weighted by molar-refractivity contribution is 0.0819. The van der Waals surface area contributed by atoms with Crippen molar-refractivity contribution in [1.29, 1.82) is 0 Å². The maximum absolute atomic E-state index is 12.9. The molecule has 3 rings (SSSR count). The number of hydrogen-bond donors (Lipinski definition) is 1. The number of ether oxygens (including phenoxy) is 1. The topological polar surface area (TPSA) is 41.6 Å². The van der Waals surface area contributed by atoms with E-state index in [4.69, 9.17) is 4.74 Å². The van der Waals surface area contributed by atoms with Crippen molar-refractivity contribution in [3.63, 3.8) is 0 Å². The van der Waals surface area contributed by atoms with E-state index in [2.05, 4.69) is 23.7 Å². The minimum absolute atomic E-state index is 0.0640. The van der Waals surface area contributed by atoms with Crippen LogP contribution in [0.15, 0.2) is 46.0 Å². The molecule has 0 spiro atoms. The highest BCUT2D eigenvalue weighted by Crippen LogP contribution is 2.27. The highest BCUT2D eigenvalue weighted by atomic mass is 32.2. The Bertz CT molecular complexity index is 670. The Hall–Kier alpha value is -1.50. The number of nitrogens with one attached hydrogen (secondary N) is 1. The largest absolute Gasteiger partial charge is 0.376 e. The lowest BCUT2D eigenvalue weighted by Crippen LogP contribution is -2.39. The first-order valence-corrected chi connectivity index (χ1v) is 10.6. The normalized spacial score (nSPS) is 16.8. The average Bonchev–Trinajstić information content (AvgIpc) is 3.30. The molecule has 1 aliphatic rings. The van der Waals surface area contributed by atoms with Crippen LogP contribution in [-0.2, 0) is 11.3 Å². The third-order valence-electron chi connectivity index (χ3n) is 4.12. The summed E-state index contributed by atoms with van der Waals surface area (Å²) in [7, 11) is 0. The van der Waals surface area contributed by atoms with E-state index in [0.29, 0.717) is 13.1 Å². The summed E-state index contributed by atoms with van der Waals surface area (Å²) in [4.78, 5) is 15.9. The van der Waals surface area contributed by atoms with Crippen molar-refractivity contribution < 1.29 is 9.53 Å². The Morgan fingerprint density at radius 3 is 3.00 bits per heavy atom. The Morgan fingerprint density at radius 1 is 1.40 bits per heavy atom. The molecule has 1 N–H and O–H groups in total. The second kappa shape index (κ2) is 9.27. The first-order chi connectivity index (χ1) is 12.3. The predicted octanol–water partition coefficient (Wildman–Crippen LogP) is 5.07. The molecule has 1 aromatic carbocycles. The predicted molar refractivity (Wildman–Crippen MR) is 106 cm³/mol. The number of rotatable bonds is 7. The minimum atomic E-state index is -0.0640. The third-order valence-corrected chi connectivity index (χ3v) is 5.80. The van der Waals surface area contributed by atoms with Crippen molar-refractivity contribution >= 4 is 34.8 Å². The number of benzene rings is 1. The van der Waals surface area contributed by atoms with Crippen molar-refractivity contribution in [2.75, 3.05) is 24.2 Å². The molecule has 1 aliphatic heterocycles. The number of carbonyl (C=O) groups is 1. The quantitative estimate of drug-likeness (QED) is 0.686. The van der Waals surface area contributed by atoms with Gasteiger partial charge in [0.25, 0.3) is 0 Å². The van der Waals surface area contributed by atoms with Crippen molar-refractivity contribution in [3.05, 3.63) is 46.7 Å².